The third kappa shape index (κ3) is 3.14. The van der Waals surface area contributed by atoms with Crippen LogP contribution in [0.25, 0.3) is 11.4 Å². The van der Waals surface area contributed by atoms with Gasteiger partial charge >= 0.3 is 0 Å². The highest BCUT2D eigenvalue weighted by molar-refractivity contribution is 5.79. The molecule has 0 aromatic carbocycles. The van der Waals surface area contributed by atoms with Gasteiger partial charge in [0.25, 0.3) is 0 Å². The van der Waals surface area contributed by atoms with Gasteiger partial charge in [0.05, 0.1) is 24.8 Å². The van der Waals surface area contributed by atoms with Gasteiger partial charge in [-0.1, -0.05) is 0 Å². The highest BCUT2D eigenvalue weighted by Crippen LogP contribution is 2.29. The molecule has 2 aliphatic rings. The van der Waals surface area contributed by atoms with E-state index in [0.717, 1.165) is 35.5 Å². The number of carbonyl (C=O) groups excluding carboxylic acids is 1. The number of carbonyl (C=O) groups is 1. The van der Waals surface area contributed by atoms with Gasteiger partial charge in [-0.25, -0.2) is 9.97 Å². The fraction of sp³-hybridized carbons (Fsp3) is 0.474. The maximum absolute atomic E-state index is 12.8. The third-order valence-corrected chi connectivity index (χ3v) is 5.00. The van der Waals surface area contributed by atoms with Crippen LogP contribution in [0.15, 0.2) is 24.5 Å². The van der Waals surface area contributed by atoms with Crippen molar-refractivity contribution in [2.45, 2.75) is 19.4 Å². The number of nitrogens with zero attached hydrogens (tertiary/aromatic N) is 5. The van der Waals surface area contributed by atoms with E-state index in [1.165, 1.54) is 0 Å². The van der Waals surface area contributed by atoms with Gasteiger partial charge < -0.3 is 14.5 Å². The molecule has 2 aromatic rings. The van der Waals surface area contributed by atoms with E-state index in [2.05, 4.69) is 4.98 Å². The van der Waals surface area contributed by atoms with E-state index in [0.29, 0.717) is 32.1 Å². The summed E-state index contributed by atoms with van der Waals surface area (Å²) < 4.78 is 5.38. The summed E-state index contributed by atoms with van der Waals surface area (Å²) in [5.41, 5.74) is 3.01. The van der Waals surface area contributed by atoms with Crippen molar-refractivity contribution in [3.05, 3.63) is 35.8 Å². The van der Waals surface area contributed by atoms with E-state index in [4.69, 9.17) is 14.7 Å². The maximum Gasteiger partial charge on any atom is 0.228 e. The van der Waals surface area contributed by atoms with Gasteiger partial charge in [0.1, 0.15) is 5.82 Å². The molecule has 1 fully saturated rings. The first kappa shape index (κ1) is 16.9. The van der Waals surface area contributed by atoms with Crippen LogP contribution in [0.2, 0.25) is 0 Å². The zero-order valence-electron chi connectivity index (χ0n) is 15.2. The SMILES string of the molecule is CN(C)c1nc(-c2ccncc2)nc2c1CCN(C(=O)[C@H]1CCOC1)C2. The smallest absolute Gasteiger partial charge is 0.228 e. The Morgan fingerprint density at radius 1 is 1.27 bits per heavy atom. The van der Waals surface area contributed by atoms with Crippen molar-refractivity contribution in [2.24, 2.45) is 5.92 Å². The fourth-order valence-corrected chi connectivity index (χ4v) is 3.59. The number of fused-ring (bicyclic) bond motifs is 1. The first-order valence-corrected chi connectivity index (χ1v) is 8.97. The molecule has 0 saturated carbocycles. The molecular weight excluding hydrogens is 330 g/mol. The van der Waals surface area contributed by atoms with E-state index in [1.54, 1.807) is 12.4 Å². The molecule has 1 atom stereocenters. The molecule has 4 heterocycles. The number of ether oxygens (including phenoxy) is 1. The lowest BCUT2D eigenvalue weighted by atomic mass is 10.0. The van der Waals surface area contributed by atoms with E-state index in [-0.39, 0.29) is 11.8 Å². The molecule has 136 valence electrons. The van der Waals surface area contributed by atoms with Crippen LogP contribution in [0, 0.1) is 5.92 Å². The first-order valence-electron chi connectivity index (χ1n) is 8.97. The molecule has 26 heavy (non-hydrogen) atoms. The lowest BCUT2D eigenvalue weighted by Crippen LogP contribution is -2.41. The van der Waals surface area contributed by atoms with Gasteiger partial charge in [0.2, 0.25) is 5.91 Å². The highest BCUT2D eigenvalue weighted by atomic mass is 16.5. The second kappa shape index (κ2) is 6.99. The predicted octanol–water partition coefficient (Wildman–Crippen LogP) is 1.53. The van der Waals surface area contributed by atoms with Gasteiger partial charge in [-0.15, -0.1) is 0 Å². The summed E-state index contributed by atoms with van der Waals surface area (Å²) in [6, 6.07) is 3.81. The van der Waals surface area contributed by atoms with E-state index in [1.807, 2.05) is 36.0 Å². The quantitative estimate of drug-likeness (QED) is 0.833. The zero-order chi connectivity index (χ0) is 18.1. The topological polar surface area (TPSA) is 71.5 Å². The predicted molar refractivity (Wildman–Crippen MR) is 97.6 cm³/mol. The van der Waals surface area contributed by atoms with Crippen LogP contribution in [0.1, 0.15) is 17.7 Å². The Morgan fingerprint density at radius 3 is 2.77 bits per heavy atom. The lowest BCUT2D eigenvalue weighted by molar-refractivity contribution is -0.136. The zero-order valence-corrected chi connectivity index (χ0v) is 15.2. The standard InChI is InChI=1S/C19H23N5O2/c1-23(2)18-15-5-9-24(19(25)14-6-10-26-12-14)11-16(15)21-17(22-18)13-3-7-20-8-4-13/h3-4,7-8,14H,5-6,9-12H2,1-2H3/t14-/m0/s1. The van der Waals surface area contributed by atoms with E-state index >= 15 is 0 Å². The minimum absolute atomic E-state index is 0.00799. The summed E-state index contributed by atoms with van der Waals surface area (Å²) in [6.07, 6.45) is 5.07. The Kier molecular flexibility index (Phi) is 4.55. The van der Waals surface area contributed by atoms with Crippen molar-refractivity contribution in [2.75, 3.05) is 38.8 Å². The van der Waals surface area contributed by atoms with Crippen molar-refractivity contribution in [1.82, 2.24) is 19.9 Å². The van der Waals surface area contributed by atoms with Crippen LogP contribution in [0.3, 0.4) is 0 Å². The summed E-state index contributed by atoms with van der Waals surface area (Å²) >= 11 is 0. The summed E-state index contributed by atoms with van der Waals surface area (Å²) in [7, 11) is 3.98. The number of aromatic nitrogens is 3. The Labute approximate surface area is 153 Å². The average molecular weight is 353 g/mol. The number of hydrogen-bond acceptors (Lipinski definition) is 6. The molecule has 0 radical (unpaired) electrons. The molecule has 7 nitrogen and oxygen atoms in total. The van der Waals surface area contributed by atoms with Crippen LogP contribution in [0.4, 0.5) is 5.82 Å². The van der Waals surface area contributed by atoms with Crippen molar-refractivity contribution < 1.29 is 9.53 Å². The second-order valence-electron chi connectivity index (χ2n) is 7.00. The van der Waals surface area contributed by atoms with E-state index < -0.39 is 0 Å². The Hall–Kier alpha value is -2.54. The molecule has 4 rings (SSSR count). The van der Waals surface area contributed by atoms with Crippen LogP contribution < -0.4 is 4.90 Å². The Bertz CT molecular complexity index is 803. The molecule has 2 aromatic heterocycles. The molecule has 0 aliphatic carbocycles. The monoisotopic (exact) mass is 353 g/mol. The lowest BCUT2D eigenvalue weighted by Gasteiger charge is -2.32. The number of hydrogen-bond donors (Lipinski definition) is 0. The van der Waals surface area contributed by atoms with E-state index in [9.17, 15) is 4.79 Å². The summed E-state index contributed by atoms with van der Waals surface area (Å²) in [5.74, 6) is 1.78. The second-order valence-corrected chi connectivity index (χ2v) is 7.00. The van der Waals surface area contributed by atoms with Crippen LogP contribution >= 0.6 is 0 Å². The maximum atomic E-state index is 12.8. The Morgan fingerprint density at radius 2 is 2.08 bits per heavy atom. The van der Waals surface area contributed by atoms with Gasteiger partial charge in [-0.3, -0.25) is 9.78 Å². The summed E-state index contributed by atoms with van der Waals surface area (Å²) in [5, 5.41) is 0. The third-order valence-electron chi connectivity index (χ3n) is 5.00. The van der Waals surface area contributed by atoms with Crippen LogP contribution in [-0.4, -0.2) is 59.6 Å². The minimum Gasteiger partial charge on any atom is -0.381 e. The highest BCUT2D eigenvalue weighted by Gasteiger charge is 2.32. The van der Waals surface area contributed by atoms with Gasteiger partial charge in [-0.2, -0.15) is 0 Å². The number of anilines is 1. The molecule has 1 saturated heterocycles. The van der Waals surface area contributed by atoms with Gasteiger partial charge in [0, 0.05) is 50.8 Å². The van der Waals surface area contributed by atoms with Gasteiger partial charge in [0.15, 0.2) is 5.82 Å². The molecule has 0 unspecified atom stereocenters. The molecule has 0 bridgehead atoms. The molecule has 7 heteroatoms. The van der Waals surface area contributed by atoms with Crippen LogP contribution in [0.5, 0.6) is 0 Å². The largest absolute Gasteiger partial charge is 0.381 e. The van der Waals surface area contributed by atoms with Gasteiger partial charge in [-0.05, 0) is 25.0 Å². The normalized spacial score (nSPS) is 19.3. The molecule has 1 amide bonds. The summed E-state index contributed by atoms with van der Waals surface area (Å²) in [6.45, 7) is 2.46. The number of rotatable bonds is 3. The van der Waals surface area contributed by atoms with Crippen molar-refractivity contribution in [3.63, 3.8) is 0 Å². The summed E-state index contributed by atoms with van der Waals surface area (Å²) in [4.78, 5) is 30.3. The molecule has 0 N–H and O–H groups in total. The van der Waals surface area contributed by atoms with Crippen LogP contribution in [-0.2, 0) is 22.5 Å². The van der Waals surface area contributed by atoms with Crippen molar-refractivity contribution in [1.29, 1.82) is 0 Å². The number of amides is 1. The first-order chi connectivity index (χ1) is 12.6. The Balaban J connectivity index is 1.68. The minimum atomic E-state index is -0.00799. The average Bonchev–Trinajstić information content (AvgIpc) is 3.21. The fourth-order valence-electron chi connectivity index (χ4n) is 3.59. The molecule has 0 spiro atoms. The number of pyridine rings is 1. The molecule has 2 aliphatic heterocycles. The van der Waals surface area contributed by atoms with Crippen molar-refractivity contribution in [3.8, 4) is 11.4 Å². The van der Waals surface area contributed by atoms with Crippen molar-refractivity contribution >= 4 is 11.7 Å². The molecular formula is C19H23N5O2.